The lowest BCUT2D eigenvalue weighted by atomic mass is 10.0. The van der Waals surface area contributed by atoms with E-state index in [4.69, 9.17) is 11.5 Å². The number of rotatable bonds is 4. The zero-order chi connectivity index (χ0) is 18.0. The molecule has 3 rings (SSSR count). The van der Waals surface area contributed by atoms with Crippen LogP contribution in [0.2, 0.25) is 0 Å². The average Bonchev–Trinajstić information content (AvgIpc) is 2.60. The molecule has 4 N–H and O–H groups in total. The number of nitrogens with zero attached hydrogens (tertiary/aromatic N) is 2. The summed E-state index contributed by atoms with van der Waals surface area (Å²) in [6.07, 6.45) is -2.17. The Morgan fingerprint density at radius 2 is 1.80 bits per heavy atom. The molecule has 0 saturated carbocycles. The van der Waals surface area contributed by atoms with E-state index in [1.54, 1.807) is 18.3 Å². The third kappa shape index (κ3) is 3.62. The van der Waals surface area contributed by atoms with Crippen molar-refractivity contribution in [3.8, 4) is 11.3 Å². The molecule has 0 amide bonds. The predicted octanol–water partition coefficient (Wildman–Crippen LogP) is 3.66. The van der Waals surface area contributed by atoms with Crippen molar-refractivity contribution in [2.45, 2.75) is 18.6 Å². The minimum Gasteiger partial charge on any atom is -0.330 e. The highest BCUT2D eigenvalue weighted by atomic mass is 19.4. The molecule has 0 aliphatic rings. The van der Waals surface area contributed by atoms with Crippen molar-refractivity contribution in [1.82, 2.24) is 9.97 Å². The van der Waals surface area contributed by atoms with Gasteiger partial charge in [-0.2, -0.15) is 13.2 Å². The lowest BCUT2D eigenvalue weighted by Gasteiger charge is -2.15. The number of halogens is 3. The van der Waals surface area contributed by atoms with Gasteiger partial charge in [0.25, 0.3) is 0 Å². The molecule has 2 aromatic heterocycles. The van der Waals surface area contributed by atoms with Crippen molar-refractivity contribution in [3.05, 3.63) is 59.9 Å². The number of benzene rings is 1. The highest BCUT2D eigenvalue weighted by Gasteiger charge is 2.30. The van der Waals surface area contributed by atoms with Crippen LogP contribution >= 0.6 is 0 Å². The van der Waals surface area contributed by atoms with Crippen molar-refractivity contribution >= 4 is 10.9 Å². The van der Waals surface area contributed by atoms with E-state index in [9.17, 15) is 13.2 Å². The first-order chi connectivity index (χ1) is 11.9. The summed E-state index contributed by atoms with van der Waals surface area (Å²) in [7, 11) is 0. The Morgan fingerprint density at radius 1 is 1.08 bits per heavy atom. The predicted molar refractivity (Wildman–Crippen MR) is 90.6 cm³/mol. The maximum Gasteiger partial charge on any atom is 0.416 e. The highest BCUT2D eigenvalue weighted by molar-refractivity contribution is 5.85. The summed E-state index contributed by atoms with van der Waals surface area (Å²) < 4.78 is 38.2. The molecule has 0 aliphatic heterocycles. The fourth-order valence-electron chi connectivity index (χ4n) is 2.68. The summed E-state index contributed by atoms with van der Waals surface area (Å²) in [5.74, 6) is 0. The maximum absolute atomic E-state index is 12.7. The molecule has 0 aliphatic carbocycles. The standard InChI is InChI=1S/C18H17F3N4/c19-18(20,21)12-5-3-11(4-6-12)15-10-16-13(2-1-9-24-16)17(25-15)14(23)7-8-22/h1-6,9-10,14H,7-8,22-23H2. The van der Waals surface area contributed by atoms with E-state index in [2.05, 4.69) is 9.97 Å². The van der Waals surface area contributed by atoms with Gasteiger partial charge in [0, 0.05) is 23.2 Å². The second-order valence-corrected chi connectivity index (χ2v) is 5.72. The van der Waals surface area contributed by atoms with Gasteiger partial charge >= 0.3 is 6.18 Å². The topological polar surface area (TPSA) is 77.8 Å². The van der Waals surface area contributed by atoms with Crippen LogP contribution in [0.4, 0.5) is 13.2 Å². The van der Waals surface area contributed by atoms with Gasteiger partial charge in [-0.05, 0) is 43.3 Å². The summed E-state index contributed by atoms with van der Waals surface area (Å²) in [4.78, 5) is 8.90. The van der Waals surface area contributed by atoms with E-state index >= 15 is 0 Å². The number of aromatic nitrogens is 2. The number of hydrogen-bond donors (Lipinski definition) is 2. The molecule has 2 heterocycles. The quantitative estimate of drug-likeness (QED) is 0.756. The number of nitrogens with two attached hydrogens (primary N) is 2. The minimum atomic E-state index is -4.37. The Hall–Kier alpha value is -2.51. The molecule has 1 unspecified atom stereocenters. The molecule has 1 aromatic carbocycles. The van der Waals surface area contributed by atoms with Gasteiger partial charge in [-0.25, -0.2) is 0 Å². The smallest absolute Gasteiger partial charge is 0.330 e. The molecule has 3 aromatic rings. The first kappa shape index (κ1) is 17.3. The van der Waals surface area contributed by atoms with Gasteiger partial charge in [-0.1, -0.05) is 12.1 Å². The van der Waals surface area contributed by atoms with Gasteiger partial charge in [0.2, 0.25) is 0 Å². The molecule has 7 heteroatoms. The monoisotopic (exact) mass is 346 g/mol. The summed E-state index contributed by atoms with van der Waals surface area (Å²) in [5, 5.41) is 0.819. The lowest BCUT2D eigenvalue weighted by molar-refractivity contribution is -0.137. The average molecular weight is 346 g/mol. The molecule has 25 heavy (non-hydrogen) atoms. The van der Waals surface area contributed by atoms with Crippen LogP contribution in [0.3, 0.4) is 0 Å². The van der Waals surface area contributed by atoms with Crippen LogP contribution in [-0.4, -0.2) is 16.5 Å². The first-order valence-corrected chi connectivity index (χ1v) is 7.79. The Kier molecular flexibility index (Phi) is 4.69. The van der Waals surface area contributed by atoms with Crippen LogP contribution in [0, 0.1) is 0 Å². The molecule has 0 bridgehead atoms. The van der Waals surface area contributed by atoms with Gasteiger partial charge in [0.05, 0.1) is 22.5 Å². The third-order valence-corrected chi connectivity index (χ3v) is 3.97. The van der Waals surface area contributed by atoms with E-state index < -0.39 is 11.7 Å². The minimum absolute atomic E-state index is 0.369. The third-order valence-electron chi connectivity index (χ3n) is 3.97. The summed E-state index contributed by atoms with van der Waals surface area (Å²) in [6.45, 7) is 0.412. The molecule has 130 valence electrons. The maximum atomic E-state index is 12.7. The summed E-state index contributed by atoms with van der Waals surface area (Å²) in [5.41, 5.74) is 13.5. The Balaban J connectivity index is 2.10. The van der Waals surface area contributed by atoms with Gasteiger partial charge in [-0.15, -0.1) is 0 Å². The molecule has 0 fully saturated rings. The van der Waals surface area contributed by atoms with Crippen molar-refractivity contribution in [3.63, 3.8) is 0 Å². The number of hydrogen-bond acceptors (Lipinski definition) is 4. The number of alkyl halides is 3. The SMILES string of the molecule is NCCC(N)c1nc(-c2ccc(C(F)(F)F)cc2)cc2ncccc12. The van der Waals surface area contributed by atoms with E-state index in [1.165, 1.54) is 12.1 Å². The van der Waals surface area contributed by atoms with Crippen LogP contribution in [0.25, 0.3) is 22.2 Å². The molecular formula is C18H17F3N4. The molecule has 0 spiro atoms. The molecule has 4 nitrogen and oxygen atoms in total. The van der Waals surface area contributed by atoms with Crippen molar-refractivity contribution in [2.24, 2.45) is 11.5 Å². The summed E-state index contributed by atoms with van der Waals surface area (Å²) >= 11 is 0. The molecule has 0 radical (unpaired) electrons. The summed E-state index contributed by atoms with van der Waals surface area (Å²) in [6, 6.07) is 9.93. The lowest BCUT2D eigenvalue weighted by Crippen LogP contribution is -2.17. The van der Waals surface area contributed by atoms with E-state index in [-0.39, 0.29) is 6.04 Å². The van der Waals surface area contributed by atoms with E-state index in [0.717, 1.165) is 17.5 Å². The fraction of sp³-hybridized carbons (Fsp3) is 0.222. The van der Waals surface area contributed by atoms with Crippen LogP contribution in [-0.2, 0) is 6.18 Å². The number of fused-ring (bicyclic) bond motifs is 1. The van der Waals surface area contributed by atoms with Crippen LogP contribution < -0.4 is 11.5 Å². The molecule has 1 atom stereocenters. The van der Waals surface area contributed by atoms with Crippen molar-refractivity contribution in [2.75, 3.05) is 6.54 Å². The molecular weight excluding hydrogens is 329 g/mol. The first-order valence-electron chi connectivity index (χ1n) is 7.79. The van der Waals surface area contributed by atoms with Gasteiger partial charge in [0.15, 0.2) is 0 Å². The van der Waals surface area contributed by atoms with Gasteiger partial charge in [-0.3, -0.25) is 9.97 Å². The van der Waals surface area contributed by atoms with Crippen LogP contribution in [0.5, 0.6) is 0 Å². The fourth-order valence-corrected chi connectivity index (χ4v) is 2.68. The second kappa shape index (κ2) is 6.78. The Bertz CT molecular complexity index is 876. The second-order valence-electron chi connectivity index (χ2n) is 5.72. The van der Waals surface area contributed by atoms with Crippen LogP contribution in [0.1, 0.15) is 23.7 Å². The van der Waals surface area contributed by atoms with Gasteiger partial charge < -0.3 is 11.5 Å². The largest absolute Gasteiger partial charge is 0.416 e. The Morgan fingerprint density at radius 3 is 2.44 bits per heavy atom. The normalized spacial score (nSPS) is 13.2. The van der Waals surface area contributed by atoms with Crippen molar-refractivity contribution < 1.29 is 13.2 Å². The Labute approximate surface area is 142 Å². The van der Waals surface area contributed by atoms with Gasteiger partial charge in [0.1, 0.15) is 0 Å². The van der Waals surface area contributed by atoms with E-state index in [0.29, 0.717) is 35.4 Å². The van der Waals surface area contributed by atoms with Crippen molar-refractivity contribution in [1.29, 1.82) is 0 Å². The molecule has 0 saturated heterocycles. The zero-order valence-electron chi connectivity index (χ0n) is 13.3. The number of pyridine rings is 2. The van der Waals surface area contributed by atoms with E-state index in [1.807, 2.05) is 6.07 Å². The van der Waals surface area contributed by atoms with Crippen LogP contribution in [0.15, 0.2) is 48.7 Å². The zero-order valence-corrected chi connectivity index (χ0v) is 13.3. The highest BCUT2D eigenvalue weighted by Crippen LogP contribution is 2.32.